The van der Waals surface area contributed by atoms with Crippen LogP contribution in [0.15, 0.2) is 30.3 Å². The Morgan fingerprint density at radius 1 is 1.08 bits per heavy atom. The Kier molecular flexibility index (Phi) is 6.30. The third-order valence-corrected chi connectivity index (χ3v) is 5.79. The van der Waals surface area contributed by atoms with Crippen LogP contribution < -0.4 is 5.73 Å². The van der Waals surface area contributed by atoms with E-state index in [1.807, 2.05) is 40.1 Å². The number of piperidine rings is 2. The highest BCUT2D eigenvalue weighted by Crippen LogP contribution is 2.24. The fraction of sp³-hybridized carbons (Fsp3) is 0.619. The molecule has 142 valence electrons. The van der Waals surface area contributed by atoms with Gasteiger partial charge in [-0.15, -0.1) is 0 Å². The number of amides is 2. The zero-order valence-corrected chi connectivity index (χ0v) is 15.8. The summed E-state index contributed by atoms with van der Waals surface area (Å²) in [5, 5.41) is 0. The predicted octanol–water partition coefficient (Wildman–Crippen LogP) is 2.57. The van der Waals surface area contributed by atoms with Crippen molar-refractivity contribution in [1.29, 1.82) is 0 Å². The molecular formula is C21H31N3O2. The summed E-state index contributed by atoms with van der Waals surface area (Å²) in [5.74, 6) is 1.07. The molecule has 0 radical (unpaired) electrons. The highest BCUT2D eigenvalue weighted by molar-refractivity contribution is 5.80. The second kappa shape index (κ2) is 8.67. The molecule has 5 heteroatoms. The van der Waals surface area contributed by atoms with Crippen molar-refractivity contribution in [2.24, 2.45) is 17.6 Å². The molecule has 2 fully saturated rings. The minimum Gasteiger partial charge on any atom is -0.343 e. The van der Waals surface area contributed by atoms with Crippen molar-refractivity contribution in [3.05, 3.63) is 35.9 Å². The Labute approximate surface area is 156 Å². The van der Waals surface area contributed by atoms with Gasteiger partial charge in [-0.05, 0) is 37.2 Å². The molecule has 5 nitrogen and oxygen atoms in total. The molecule has 2 amide bonds. The zero-order chi connectivity index (χ0) is 18.5. The van der Waals surface area contributed by atoms with Gasteiger partial charge in [-0.1, -0.05) is 37.3 Å². The Morgan fingerprint density at radius 2 is 1.77 bits per heavy atom. The SMILES string of the molecule is CC1CCCN(C(=O)C2CCN(C(=O)CC(N)c3ccccc3)CC2)C1. The molecule has 2 N–H and O–H groups in total. The second-order valence-electron chi connectivity index (χ2n) is 7.91. The largest absolute Gasteiger partial charge is 0.343 e. The lowest BCUT2D eigenvalue weighted by Crippen LogP contribution is -2.47. The van der Waals surface area contributed by atoms with Gasteiger partial charge in [0.1, 0.15) is 0 Å². The van der Waals surface area contributed by atoms with Crippen LogP contribution in [0.3, 0.4) is 0 Å². The molecule has 0 aliphatic carbocycles. The number of benzene rings is 1. The number of hydrogen-bond donors (Lipinski definition) is 1. The van der Waals surface area contributed by atoms with E-state index < -0.39 is 0 Å². The molecule has 2 heterocycles. The van der Waals surface area contributed by atoms with Crippen molar-refractivity contribution < 1.29 is 9.59 Å². The Morgan fingerprint density at radius 3 is 2.42 bits per heavy atom. The van der Waals surface area contributed by atoms with Gasteiger partial charge in [-0.3, -0.25) is 9.59 Å². The highest BCUT2D eigenvalue weighted by atomic mass is 16.2. The van der Waals surface area contributed by atoms with E-state index in [2.05, 4.69) is 6.92 Å². The maximum absolute atomic E-state index is 12.7. The third kappa shape index (κ3) is 4.64. The van der Waals surface area contributed by atoms with E-state index in [0.29, 0.717) is 31.3 Å². The lowest BCUT2D eigenvalue weighted by molar-refractivity contribution is -0.142. The molecule has 2 saturated heterocycles. The van der Waals surface area contributed by atoms with E-state index in [1.54, 1.807) is 0 Å². The van der Waals surface area contributed by atoms with Crippen LogP contribution in [0, 0.1) is 11.8 Å². The smallest absolute Gasteiger partial charge is 0.225 e. The zero-order valence-electron chi connectivity index (χ0n) is 15.8. The fourth-order valence-electron chi connectivity index (χ4n) is 4.16. The summed E-state index contributed by atoms with van der Waals surface area (Å²) in [7, 11) is 0. The molecular weight excluding hydrogens is 326 g/mol. The van der Waals surface area contributed by atoms with E-state index >= 15 is 0 Å². The second-order valence-corrected chi connectivity index (χ2v) is 7.91. The van der Waals surface area contributed by atoms with Crippen molar-refractivity contribution in [3.63, 3.8) is 0 Å². The first kappa shape index (κ1) is 18.9. The van der Waals surface area contributed by atoms with Crippen molar-refractivity contribution in [1.82, 2.24) is 9.80 Å². The van der Waals surface area contributed by atoms with E-state index in [1.165, 1.54) is 6.42 Å². The van der Waals surface area contributed by atoms with Gasteiger partial charge in [-0.2, -0.15) is 0 Å². The normalized spacial score (nSPS) is 22.9. The maximum atomic E-state index is 12.7. The molecule has 0 spiro atoms. The van der Waals surface area contributed by atoms with Gasteiger partial charge >= 0.3 is 0 Å². The number of likely N-dealkylation sites (tertiary alicyclic amines) is 2. The fourth-order valence-corrected chi connectivity index (χ4v) is 4.16. The topological polar surface area (TPSA) is 66.6 Å². The van der Waals surface area contributed by atoms with E-state index in [9.17, 15) is 9.59 Å². The third-order valence-electron chi connectivity index (χ3n) is 5.79. The van der Waals surface area contributed by atoms with E-state index in [0.717, 1.165) is 37.9 Å². The summed E-state index contributed by atoms with van der Waals surface area (Å²) in [4.78, 5) is 29.2. The summed E-state index contributed by atoms with van der Waals surface area (Å²) in [5.41, 5.74) is 7.17. The van der Waals surface area contributed by atoms with Crippen LogP contribution in [0.25, 0.3) is 0 Å². The summed E-state index contributed by atoms with van der Waals surface area (Å²) in [6.45, 7) is 5.34. The minimum atomic E-state index is -0.266. The van der Waals surface area contributed by atoms with Crippen LogP contribution in [0.4, 0.5) is 0 Å². The van der Waals surface area contributed by atoms with E-state index in [-0.39, 0.29) is 17.9 Å². The van der Waals surface area contributed by atoms with Gasteiger partial charge < -0.3 is 15.5 Å². The van der Waals surface area contributed by atoms with Gasteiger partial charge in [0.05, 0.1) is 0 Å². The Hall–Kier alpha value is -1.88. The van der Waals surface area contributed by atoms with Crippen LogP contribution in [0.5, 0.6) is 0 Å². The quantitative estimate of drug-likeness (QED) is 0.901. The minimum absolute atomic E-state index is 0.0761. The molecule has 26 heavy (non-hydrogen) atoms. The molecule has 2 aliphatic rings. The number of hydrogen-bond acceptors (Lipinski definition) is 3. The van der Waals surface area contributed by atoms with Crippen LogP contribution in [0.1, 0.15) is 50.6 Å². The number of rotatable bonds is 4. The maximum Gasteiger partial charge on any atom is 0.225 e. The van der Waals surface area contributed by atoms with E-state index in [4.69, 9.17) is 5.73 Å². The van der Waals surface area contributed by atoms with Crippen LogP contribution >= 0.6 is 0 Å². The van der Waals surface area contributed by atoms with Gasteiger partial charge in [-0.25, -0.2) is 0 Å². The van der Waals surface area contributed by atoms with Crippen molar-refractivity contribution in [2.45, 2.75) is 45.1 Å². The van der Waals surface area contributed by atoms with Crippen molar-refractivity contribution in [3.8, 4) is 0 Å². The summed E-state index contributed by atoms with van der Waals surface area (Å²) in [6.07, 6.45) is 4.21. The van der Waals surface area contributed by atoms with Crippen molar-refractivity contribution >= 4 is 11.8 Å². The van der Waals surface area contributed by atoms with Gasteiger partial charge in [0.2, 0.25) is 11.8 Å². The van der Waals surface area contributed by atoms with Crippen LogP contribution in [-0.2, 0) is 9.59 Å². The number of nitrogens with two attached hydrogens (primary N) is 1. The predicted molar refractivity (Wildman–Crippen MR) is 102 cm³/mol. The standard InChI is InChI=1S/C21H31N3O2/c1-16-6-5-11-24(15-16)21(26)18-9-12-23(13-10-18)20(25)14-19(22)17-7-3-2-4-8-17/h2-4,7-8,16,18-19H,5-6,9-15,22H2,1H3. The number of carbonyl (C=O) groups is 2. The molecule has 0 bridgehead atoms. The first-order valence-corrected chi connectivity index (χ1v) is 9.91. The average molecular weight is 357 g/mol. The van der Waals surface area contributed by atoms with Crippen LogP contribution in [0.2, 0.25) is 0 Å². The average Bonchev–Trinajstić information content (AvgIpc) is 2.68. The number of carbonyl (C=O) groups excluding carboxylic acids is 2. The number of nitrogens with zero attached hydrogens (tertiary/aromatic N) is 2. The van der Waals surface area contributed by atoms with Crippen molar-refractivity contribution in [2.75, 3.05) is 26.2 Å². The molecule has 3 rings (SSSR count). The molecule has 2 aliphatic heterocycles. The summed E-state index contributed by atoms with van der Waals surface area (Å²) >= 11 is 0. The van der Waals surface area contributed by atoms with Gasteiger partial charge in [0.15, 0.2) is 0 Å². The summed E-state index contributed by atoms with van der Waals surface area (Å²) in [6, 6.07) is 9.49. The van der Waals surface area contributed by atoms with Gasteiger partial charge in [0, 0.05) is 44.6 Å². The van der Waals surface area contributed by atoms with Gasteiger partial charge in [0.25, 0.3) is 0 Å². The molecule has 0 aromatic heterocycles. The first-order chi connectivity index (χ1) is 12.5. The summed E-state index contributed by atoms with van der Waals surface area (Å²) < 4.78 is 0. The Bertz CT molecular complexity index is 611. The molecule has 0 saturated carbocycles. The molecule has 1 aromatic rings. The lowest BCUT2D eigenvalue weighted by Gasteiger charge is -2.37. The molecule has 2 unspecified atom stereocenters. The first-order valence-electron chi connectivity index (χ1n) is 9.91. The monoisotopic (exact) mass is 357 g/mol. The van der Waals surface area contributed by atoms with Crippen LogP contribution in [-0.4, -0.2) is 47.8 Å². The molecule has 2 atom stereocenters. The highest BCUT2D eigenvalue weighted by Gasteiger charge is 2.32. The molecule has 1 aromatic carbocycles. The lowest BCUT2D eigenvalue weighted by atomic mass is 9.92. The Balaban J connectivity index is 1.47.